The minimum Gasteiger partial charge on any atom is -0.444 e. The molecule has 0 aliphatic rings. The molecule has 3 amide bonds. The number of carbonyl (C=O) groups excluding carboxylic acids is 3. The molecule has 0 aliphatic carbocycles. The van der Waals surface area contributed by atoms with Crippen LogP contribution in [0.4, 0.5) is 4.79 Å². The van der Waals surface area contributed by atoms with Gasteiger partial charge in [-0.1, -0.05) is 118 Å². The third-order valence-electron chi connectivity index (χ3n) is 7.64. The Balaban J connectivity index is 1.90. The molecule has 43 heavy (non-hydrogen) atoms. The molecule has 8 nitrogen and oxygen atoms in total. The van der Waals surface area contributed by atoms with Crippen molar-refractivity contribution in [3.8, 4) is 0 Å². The largest absolute Gasteiger partial charge is 0.444 e. The maximum Gasteiger partial charge on any atom is 0.416 e. The van der Waals surface area contributed by atoms with Gasteiger partial charge < -0.3 is 9.16 Å². The normalized spacial score (nSPS) is 12.3. The summed E-state index contributed by atoms with van der Waals surface area (Å²) in [6, 6.07) is 29.2. The van der Waals surface area contributed by atoms with E-state index in [0.29, 0.717) is 25.7 Å². The number of rotatable bonds is 15. The van der Waals surface area contributed by atoms with E-state index in [4.69, 9.17) is 14.0 Å². The highest BCUT2D eigenvalue weighted by molar-refractivity contribution is 6.99. The molecule has 230 valence electrons. The average molecular weight is 605 g/mol. The summed E-state index contributed by atoms with van der Waals surface area (Å²) in [6.45, 7) is 6.70. The summed E-state index contributed by atoms with van der Waals surface area (Å²) in [6.07, 6.45) is 1.68. The Morgan fingerprint density at radius 2 is 1.40 bits per heavy atom. The van der Waals surface area contributed by atoms with Crippen molar-refractivity contribution < 1.29 is 28.4 Å². The van der Waals surface area contributed by atoms with Gasteiger partial charge in [0.1, 0.15) is 6.61 Å². The summed E-state index contributed by atoms with van der Waals surface area (Å²) in [5.41, 5.74) is 0.822. The summed E-state index contributed by atoms with van der Waals surface area (Å²) in [7, 11) is 0.0788. The Morgan fingerprint density at radius 3 is 1.88 bits per heavy atom. The molecular weight excluding hydrogens is 560 g/mol. The van der Waals surface area contributed by atoms with E-state index < -0.39 is 20.5 Å². The van der Waals surface area contributed by atoms with Gasteiger partial charge in [-0.05, 0) is 33.8 Å². The molecule has 3 aromatic rings. The third kappa shape index (κ3) is 8.86. The van der Waals surface area contributed by atoms with E-state index >= 15 is 0 Å². The summed E-state index contributed by atoms with van der Waals surface area (Å²) in [5.74, 6) is -0.142. The van der Waals surface area contributed by atoms with Crippen molar-refractivity contribution in [3.63, 3.8) is 0 Å². The van der Waals surface area contributed by atoms with Gasteiger partial charge in [-0.25, -0.2) is 14.8 Å². The zero-order valence-corrected chi connectivity index (χ0v) is 26.9. The number of amides is 3. The predicted molar refractivity (Wildman–Crippen MR) is 170 cm³/mol. The fraction of sp³-hybridized carbons (Fsp3) is 0.382. The molecule has 0 fully saturated rings. The van der Waals surface area contributed by atoms with E-state index in [9.17, 15) is 14.4 Å². The molecule has 0 heterocycles. The molecule has 0 saturated carbocycles. The molecule has 0 bridgehead atoms. The van der Waals surface area contributed by atoms with Crippen LogP contribution >= 0.6 is 0 Å². The van der Waals surface area contributed by atoms with E-state index in [-0.39, 0.29) is 30.6 Å². The number of unbranched alkanes of at least 4 members (excludes halogenated alkanes) is 1. The first-order valence-electron chi connectivity index (χ1n) is 14.6. The van der Waals surface area contributed by atoms with Crippen molar-refractivity contribution in [3.05, 3.63) is 96.6 Å². The zero-order valence-electron chi connectivity index (χ0n) is 25.9. The highest BCUT2D eigenvalue weighted by Crippen LogP contribution is 2.37. The first-order valence-corrected chi connectivity index (χ1v) is 16.5. The van der Waals surface area contributed by atoms with Crippen LogP contribution in [0.1, 0.15) is 52.0 Å². The fourth-order valence-corrected chi connectivity index (χ4v) is 9.87. The number of benzene rings is 3. The third-order valence-corrected chi connectivity index (χ3v) is 12.6. The lowest BCUT2D eigenvalue weighted by Crippen LogP contribution is -2.67. The number of hydroxylamine groups is 2. The Labute approximate surface area is 256 Å². The van der Waals surface area contributed by atoms with Crippen LogP contribution < -0.4 is 10.4 Å². The maximum absolute atomic E-state index is 13.3. The van der Waals surface area contributed by atoms with E-state index in [1.54, 1.807) is 7.05 Å². The van der Waals surface area contributed by atoms with E-state index in [0.717, 1.165) is 20.8 Å². The van der Waals surface area contributed by atoms with Gasteiger partial charge in [0.25, 0.3) is 8.32 Å². The lowest BCUT2D eigenvalue weighted by atomic mass is 10.1. The fourth-order valence-electron chi connectivity index (χ4n) is 5.27. The summed E-state index contributed by atoms with van der Waals surface area (Å²) >= 11 is 0. The first-order chi connectivity index (χ1) is 20.6. The van der Waals surface area contributed by atoms with Gasteiger partial charge in [-0.15, -0.1) is 0 Å². The summed E-state index contributed by atoms with van der Waals surface area (Å²) in [4.78, 5) is 44.0. The Hall–Kier alpha value is -3.79. The molecule has 0 spiro atoms. The number of ether oxygens (including phenoxy) is 1. The van der Waals surface area contributed by atoms with Gasteiger partial charge in [0.15, 0.2) is 0 Å². The molecule has 0 aromatic heterocycles. The summed E-state index contributed by atoms with van der Waals surface area (Å²) < 4.78 is 12.6. The lowest BCUT2D eigenvalue weighted by molar-refractivity contribution is -0.168. The van der Waals surface area contributed by atoms with Crippen LogP contribution in [0.2, 0.25) is 5.04 Å². The minimum absolute atomic E-state index is 0.0458. The van der Waals surface area contributed by atoms with Crippen LogP contribution in [0.25, 0.3) is 0 Å². The number of hydrogen-bond acceptors (Lipinski definition) is 6. The average Bonchev–Trinajstić information content (AvgIpc) is 3.02. The molecule has 0 N–H and O–H groups in total. The van der Waals surface area contributed by atoms with Gasteiger partial charge in [0.05, 0.1) is 19.8 Å². The molecule has 1 atom stereocenters. The highest BCUT2D eigenvalue weighted by atomic mass is 28.4. The SMILES string of the molecule is CON(C)C(=O)CCCCC(CO[Si](c1ccccc1)(c1ccccc1)C(C)(C)C)N(C=O)C(=O)OCc1ccccc1. The lowest BCUT2D eigenvalue weighted by Gasteiger charge is -2.44. The van der Waals surface area contributed by atoms with Gasteiger partial charge in [0.2, 0.25) is 12.3 Å². The van der Waals surface area contributed by atoms with Crippen LogP contribution in [0.5, 0.6) is 0 Å². The van der Waals surface area contributed by atoms with E-state index in [2.05, 4.69) is 45.0 Å². The molecule has 9 heteroatoms. The van der Waals surface area contributed by atoms with Crippen molar-refractivity contribution in [1.29, 1.82) is 0 Å². The number of imide groups is 1. The Kier molecular flexibility index (Phi) is 12.7. The Morgan fingerprint density at radius 1 is 0.860 bits per heavy atom. The maximum atomic E-state index is 13.3. The van der Waals surface area contributed by atoms with Crippen LogP contribution in [-0.4, -0.2) is 63.5 Å². The van der Waals surface area contributed by atoms with Crippen molar-refractivity contribution in [2.75, 3.05) is 20.8 Å². The van der Waals surface area contributed by atoms with Crippen LogP contribution in [0.15, 0.2) is 91.0 Å². The van der Waals surface area contributed by atoms with Crippen molar-refractivity contribution >= 4 is 37.1 Å². The smallest absolute Gasteiger partial charge is 0.416 e. The van der Waals surface area contributed by atoms with Crippen molar-refractivity contribution in [2.45, 2.75) is 64.1 Å². The first kappa shape index (κ1) is 33.7. The molecule has 3 rings (SSSR count). The van der Waals surface area contributed by atoms with E-state index in [1.165, 1.54) is 12.2 Å². The standard InChI is InChI=1S/C34H44N2O6Si/c1-34(2,3)43(30-20-11-7-12-21-30,31-22-13-8-14-23-31)42-26-29(19-15-16-24-32(38)35(4)40-5)36(27-37)33(39)41-25-28-17-9-6-10-18-28/h6-14,17-18,20-23,27,29H,15-16,19,24-26H2,1-5H3. The Bertz CT molecular complexity index is 1250. The van der Waals surface area contributed by atoms with Crippen LogP contribution in [-0.2, 0) is 30.2 Å². The molecule has 3 aromatic carbocycles. The number of hydrogen-bond donors (Lipinski definition) is 0. The highest BCUT2D eigenvalue weighted by Gasteiger charge is 2.50. The number of carbonyl (C=O) groups is 3. The molecule has 0 radical (unpaired) electrons. The molecule has 0 saturated heterocycles. The molecule has 0 aliphatic heterocycles. The second-order valence-corrected chi connectivity index (χ2v) is 15.8. The van der Waals surface area contributed by atoms with Gasteiger partial charge >= 0.3 is 6.09 Å². The van der Waals surface area contributed by atoms with Gasteiger partial charge in [0, 0.05) is 13.5 Å². The quantitative estimate of drug-likeness (QED) is 0.101. The van der Waals surface area contributed by atoms with Crippen LogP contribution in [0.3, 0.4) is 0 Å². The van der Waals surface area contributed by atoms with Crippen molar-refractivity contribution in [1.82, 2.24) is 9.96 Å². The van der Waals surface area contributed by atoms with Gasteiger partial charge in [-0.2, -0.15) is 0 Å². The number of nitrogens with zero attached hydrogens (tertiary/aromatic N) is 2. The molecule has 1 unspecified atom stereocenters. The minimum atomic E-state index is -2.93. The second kappa shape index (κ2) is 16.2. The van der Waals surface area contributed by atoms with Crippen molar-refractivity contribution in [2.24, 2.45) is 0 Å². The molecular formula is C34H44N2O6Si. The summed E-state index contributed by atoms with van der Waals surface area (Å²) in [5, 5.41) is 3.12. The topological polar surface area (TPSA) is 85.4 Å². The predicted octanol–water partition coefficient (Wildman–Crippen LogP) is 5.31. The zero-order chi connectivity index (χ0) is 31.3. The monoisotopic (exact) mass is 604 g/mol. The van der Waals surface area contributed by atoms with Crippen LogP contribution in [0, 0.1) is 0 Å². The van der Waals surface area contributed by atoms with E-state index in [1.807, 2.05) is 66.7 Å². The van der Waals surface area contributed by atoms with Gasteiger partial charge in [-0.3, -0.25) is 14.4 Å². The second-order valence-electron chi connectivity index (χ2n) is 11.5.